The Morgan fingerprint density at radius 1 is 1.16 bits per heavy atom. The highest BCUT2D eigenvalue weighted by molar-refractivity contribution is 5.02. The van der Waals surface area contributed by atoms with Gasteiger partial charge in [0.25, 0.3) is 0 Å². The maximum atomic E-state index is 9.74. The number of methoxy groups -OCH3 is 1. The predicted molar refractivity (Wildman–Crippen MR) is 68.8 cm³/mol. The third-order valence-corrected chi connectivity index (χ3v) is 2.43. The average Bonchev–Trinajstić information content (AvgIpc) is 2.81. The summed E-state index contributed by atoms with van der Waals surface area (Å²) in [4.78, 5) is 0. The molecule has 1 N–H and O–H groups in total. The van der Waals surface area contributed by atoms with E-state index in [-0.39, 0.29) is 0 Å². The van der Waals surface area contributed by atoms with Crippen LogP contribution in [0.25, 0.3) is 0 Å². The fourth-order valence-corrected chi connectivity index (χ4v) is 1.31. The molecule has 0 fully saturated rings. The summed E-state index contributed by atoms with van der Waals surface area (Å²) in [6, 6.07) is 0. The zero-order chi connectivity index (χ0) is 14.1. The standard InChI is InChI=1S/C12H23N3O4/c1-12(2,16)11-10-15(14-13-11)4-5-18-8-9-19-7-6-17-3/h10,16H,4-9H2,1-3H3. The van der Waals surface area contributed by atoms with Gasteiger partial charge in [-0.05, 0) is 13.8 Å². The maximum absolute atomic E-state index is 9.74. The van der Waals surface area contributed by atoms with Crippen molar-refractivity contribution >= 4 is 0 Å². The molecule has 7 nitrogen and oxygen atoms in total. The Labute approximate surface area is 113 Å². The Hall–Kier alpha value is -1.02. The van der Waals surface area contributed by atoms with E-state index in [0.717, 1.165) is 0 Å². The molecular formula is C12H23N3O4. The summed E-state index contributed by atoms with van der Waals surface area (Å²) in [7, 11) is 1.64. The van der Waals surface area contributed by atoms with Gasteiger partial charge in [0, 0.05) is 7.11 Å². The Kier molecular flexibility index (Phi) is 6.93. The summed E-state index contributed by atoms with van der Waals surface area (Å²) < 4.78 is 17.2. The highest BCUT2D eigenvalue weighted by atomic mass is 16.5. The Morgan fingerprint density at radius 3 is 2.37 bits per heavy atom. The van der Waals surface area contributed by atoms with E-state index < -0.39 is 5.60 Å². The van der Waals surface area contributed by atoms with Gasteiger partial charge in [0.05, 0.1) is 45.8 Å². The van der Waals surface area contributed by atoms with Crippen LogP contribution in [0.3, 0.4) is 0 Å². The van der Waals surface area contributed by atoms with Gasteiger partial charge in [-0.2, -0.15) is 0 Å². The smallest absolute Gasteiger partial charge is 0.114 e. The van der Waals surface area contributed by atoms with Crippen LogP contribution in [0.2, 0.25) is 0 Å². The average molecular weight is 273 g/mol. The van der Waals surface area contributed by atoms with E-state index in [9.17, 15) is 5.11 Å². The van der Waals surface area contributed by atoms with Crippen molar-refractivity contribution in [3.63, 3.8) is 0 Å². The molecule has 0 amide bonds. The molecule has 1 aromatic heterocycles. The van der Waals surface area contributed by atoms with Crippen LogP contribution in [-0.4, -0.2) is 60.2 Å². The number of hydrogen-bond donors (Lipinski definition) is 1. The van der Waals surface area contributed by atoms with E-state index in [2.05, 4.69) is 10.3 Å². The number of aliphatic hydroxyl groups is 1. The number of nitrogens with zero attached hydrogens (tertiary/aromatic N) is 3. The largest absolute Gasteiger partial charge is 0.384 e. The van der Waals surface area contributed by atoms with Crippen molar-refractivity contribution in [2.75, 3.05) is 40.1 Å². The first kappa shape index (κ1) is 16.0. The highest BCUT2D eigenvalue weighted by Crippen LogP contribution is 2.15. The SMILES string of the molecule is COCCOCCOCCn1cc(C(C)(C)O)nn1. The van der Waals surface area contributed by atoms with Gasteiger partial charge < -0.3 is 19.3 Å². The number of rotatable bonds is 10. The number of ether oxygens (including phenoxy) is 3. The van der Waals surface area contributed by atoms with Crippen molar-refractivity contribution in [3.05, 3.63) is 11.9 Å². The second-order valence-electron chi connectivity index (χ2n) is 4.64. The van der Waals surface area contributed by atoms with Gasteiger partial charge in [-0.1, -0.05) is 5.21 Å². The molecule has 110 valence electrons. The van der Waals surface area contributed by atoms with Gasteiger partial charge in [0.15, 0.2) is 0 Å². The Morgan fingerprint density at radius 2 is 1.79 bits per heavy atom. The lowest BCUT2D eigenvalue weighted by molar-refractivity contribution is 0.0224. The zero-order valence-corrected chi connectivity index (χ0v) is 11.8. The summed E-state index contributed by atoms with van der Waals surface area (Å²) in [6.45, 7) is 6.75. The second kappa shape index (κ2) is 8.21. The normalized spacial score (nSPS) is 12.0. The van der Waals surface area contributed by atoms with Crippen LogP contribution in [0, 0.1) is 0 Å². The van der Waals surface area contributed by atoms with Crippen molar-refractivity contribution in [3.8, 4) is 0 Å². The van der Waals surface area contributed by atoms with Crippen LogP contribution in [0.1, 0.15) is 19.5 Å². The van der Waals surface area contributed by atoms with Crippen molar-refractivity contribution in [1.29, 1.82) is 0 Å². The molecule has 7 heteroatoms. The summed E-state index contributed by atoms with van der Waals surface area (Å²) in [6.07, 6.45) is 1.72. The second-order valence-corrected chi connectivity index (χ2v) is 4.64. The van der Waals surface area contributed by atoms with Gasteiger partial charge in [-0.15, -0.1) is 5.10 Å². The van der Waals surface area contributed by atoms with Crippen LogP contribution < -0.4 is 0 Å². The molecule has 0 aliphatic carbocycles. The van der Waals surface area contributed by atoms with E-state index >= 15 is 0 Å². The van der Waals surface area contributed by atoms with Gasteiger partial charge in [0.1, 0.15) is 11.3 Å². The minimum atomic E-state index is -0.964. The minimum Gasteiger partial charge on any atom is -0.384 e. The molecule has 0 bridgehead atoms. The molecule has 0 aliphatic heterocycles. The summed E-state index contributed by atoms with van der Waals surface area (Å²) >= 11 is 0. The molecule has 0 saturated heterocycles. The fraction of sp³-hybridized carbons (Fsp3) is 0.833. The summed E-state index contributed by atoms with van der Waals surface area (Å²) in [5.74, 6) is 0. The van der Waals surface area contributed by atoms with Gasteiger partial charge >= 0.3 is 0 Å². The number of aromatic nitrogens is 3. The maximum Gasteiger partial charge on any atom is 0.114 e. The summed E-state index contributed by atoms with van der Waals surface area (Å²) in [5.41, 5.74) is -0.413. The first-order valence-corrected chi connectivity index (χ1v) is 6.31. The fourth-order valence-electron chi connectivity index (χ4n) is 1.31. The van der Waals surface area contributed by atoms with Crippen molar-refractivity contribution < 1.29 is 19.3 Å². The lowest BCUT2D eigenvalue weighted by Crippen LogP contribution is -2.16. The van der Waals surface area contributed by atoms with Crippen molar-refractivity contribution in [1.82, 2.24) is 15.0 Å². The van der Waals surface area contributed by atoms with E-state index in [1.165, 1.54) is 0 Å². The number of hydrogen-bond acceptors (Lipinski definition) is 6. The third kappa shape index (κ3) is 6.63. The molecule has 0 aromatic carbocycles. The molecule has 19 heavy (non-hydrogen) atoms. The summed E-state index contributed by atoms with van der Waals surface area (Å²) in [5, 5.41) is 17.6. The molecule has 0 aliphatic rings. The lowest BCUT2D eigenvalue weighted by atomic mass is 10.1. The molecule has 0 unspecified atom stereocenters. The predicted octanol–water partition coefficient (Wildman–Crippen LogP) is 0.185. The quantitative estimate of drug-likeness (QED) is 0.613. The van der Waals surface area contributed by atoms with E-state index in [4.69, 9.17) is 14.2 Å². The molecule has 0 spiro atoms. The monoisotopic (exact) mass is 273 g/mol. The van der Waals surface area contributed by atoms with E-state index in [0.29, 0.717) is 45.3 Å². The van der Waals surface area contributed by atoms with Crippen LogP contribution in [0.15, 0.2) is 6.20 Å². The van der Waals surface area contributed by atoms with Crippen LogP contribution in [0.5, 0.6) is 0 Å². The molecular weight excluding hydrogens is 250 g/mol. The molecule has 0 atom stereocenters. The third-order valence-electron chi connectivity index (χ3n) is 2.43. The van der Waals surface area contributed by atoms with Crippen molar-refractivity contribution in [2.45, 2.75) is 26.0 Å². The van der Waals surface area contributed by atoms with Gasteiger partial charge in [-0.3, -0.25) is 0 Å². The molecule has 0 radical (unpaired) electrons. The zero-order valence-electron chi connectivity index (χ0n) is 11.8. The Balaban J connectivity index is 2.08. The van der Waals surface area contributed by atoms with E-state index in [1.54, 1.807) is 31.8 Å². The minimum absolute atomic E-state index is 0.530. The molecule has 1 aromatic rings. The Bertz CT molecular complexity index is 349. The van der Waals surface area contributed by atoms with Gasteiger partial charge in [0.2, 0.25) is 0 Å². The van der Waals surface area contributed by atoms with Crippen LogP contribution in [-0.2, 0) is 26.4 Å². The van der Waals surface area contributed by atoms with Crippen molar-refractivity contribution in [2.24, 2.45) is 0 Å². The first-order chi connectivity index (χ1) is 9.04. The molecule has 0 saturated carbocycles. The van der Waals surface area contributed by atoms with Crippen LogP contribution >= 0.6 is 0 Å². The van der Waals surface area contributed by atoms with Crippen LogP contribution in [0.4, 0.5) is 0 Å². The lowest BCUT2D eigenvalue weighted by Gasteiger charge is -2.11. The molecule has 1 heterocycles. The first-order valence-electron chi connectivity index (χ1n) is 6.31. The molecule has 1 rings (SSSR count). The van der Waals surface area contributed by atoms with Gasteiger partial charge in [-0.25, -0.2) is 4.68 Å². The topological polar surface area (TPSA) is 78.6 Å². The van der Waals surface area contributed by atoms with E-state index in [1.807, 2.05) is 0 Å². The highest BCUT2D eigenvalue weighted by Gasteiger charge is 2.19.